The third-order valence-corrected chi connectivity index (χ3v) is 2.55. The second-order valence-corrected chi connectivity index (χ2v) is 3.70. The van der Waals surface area contributed by atoms with E-state index in [1.165, 1.54) is 12.3 Å². The van der Waals surface area contributed by atoms with Crippen molar-refractivity contribution in [1.82, 2.24) is 9.88 Å². The Morgan fingerprint density at radius 3 is 2.80 bits per heavy atom. The highest BCUT2D eigenvalue weighted by atomic mass is 19.1. The molecule has 0 aliphatic heterocycles. The molecule has 0 aliphatic carbocycles. The number of aromatic nitrogens is 1. The summed E-state index contributed by atoms with van der Waals surface area (Å²) >= 11 is 0. The third-order valence-electron chi connectivity index (χ3n) is 2.55. The molecule has 1 atom stereocenters. The quantitative estimate of drug-likeness (QED) is 0.803. The molecular formula is C11H18FN3. The fourth-order valence-electron chi connectivity index (χ4n) is 1.39. The molecule has 0 saturated heterocycles. The maximum Gasteiger partial charge on any atom is 0.141 e. The van der Waals surface area contributed by atoms with Gasteiger partial charge in [-0.2, -0.15) is 0 Å². The van der Waals surface area contributed by atoms with Crippen LogP contribution in [0.4, 0.5) is 4.39 Å². The van der Waals surface area contributed by atoms with E-state index in [2.05, 4.69) is 16.8 Å². The predicted octanol–water partition coefficient (Wildman–Crippen LogP) is 1.56. The maximum atomic E-state index is 12.7. The van der Waals surface area contributed by atoms with Crippen LogP contribution >= 0.6 is 0 Å². The van der Waals surface area contributed by atoms with Crippen LogP contribution in [0, 0.1) is 5.82 Å². The van der Waals surface area contributed by atoms with Gasteiger partial charge in [-0.15, -0.1) is 0 Å². The number of halogens is 1. The Labute approximate surface area is 90.1 Å². The molecule has 0 aromatic carbocycles. The second-order valence-electron chi connectivity index (χ2n) is 3.70. The molecule has 84 valence electrons. The SMILES string of the molecule is CC(c1ccc(F)cn1)N(C)CCCN. The molecule has 0 saturated carbocycles. The molecular weight excluding hydrogens is 193 g/mol. The Kier molecular flexibility index (Phi) is 4.65. The van der Waals surface area contributed by atoms with Crippen LogP contribution in [0.5, 0.6) is 0 Å². The van der Waals surface area contributed by atoms with Gasteiger partial charge in [0.1, 0.15) is 5.82 Å². The van der Waals surface area contributed by atoms with Crippen molar-refractivity contribution >= 4 is 0 Å². The van der Waals surface area contributed by atoms with Gasteiger partial charge >= 0.3 is 0 Å². The summed E-state index contributed by atoms with van der Waals surface area (Å²) in [5, 5.41) is 0. The van der Waals surface area contributed by atoms with Crippen LogP contribution < -0.4 is 5.73 Å². The fourth-order valence-corrected chi connectivity index (χ4v) is 1.39. The summed E-state index contributed by atoms with van der Waals surface area (Å²) in [7, 11) is 2.02. The zero-order valence-electron chi connectivity index (χ0n) is 9.28. The first-order chi connectivity index (χ1) is 7.15. The minimum atomic E-state index is -0.296. The van der Waals surface area contributed by atoms with Gasteiger partial charge in [0.25, 0.3) is 0 Å². The summed E-state index contributed by atoms with van der Waals surface area (Å²) in [6.07, 6.45) is 2.21. The summed E-state index contributed by atoms with van der Waals surface area (Å²) in [5.74, 6) is -0.296. The summed E-state index contributed by atoms with van der Waals surface area (Å²) < 4.78 is 12.7. The van der Waals surface area contributed by atoms with Gasteiger partial charge in [-0.05, 0) is 45.6 Å². The Hall–Kier alpha value is -1.00. The molecule has 1 heterocycles. The van der Waals surface area contributed by atoms with Crippen molar-refractivity contribution in [2.45, 2.75) is 19.4 Å². The van der Waals surface area contributed by atoms with Crippen molar-refractivity contribution in [2.75, 3.05) is 20.1 Å². The van der Waals surface area contributed by atoms with Crippen LogP contribution in [0.1, 0.15) is 25.1 Å². The summed E-state index contributed by atoms with van der Waals surface area (Å²) in [6.45, 7) is 3.67. The maximum absolute atomic E-state index is 12.7. The molecule has 0 amide bonds. The highest BCUT2D eigenvalue weighted by molar-refractivity contribution is 5.09. The lowest BCUT2D eigenvalue weighted by molar-refractivity contribution is 0.255. The smallest absolute Gasteiger partial charge is 0.141 e. The van der Waals surface area contributed by atoms with Crippen LogP contribution in [0.2, 0.25) is 0 Å². The van der Waals surface area contributed by atoms with E-state index in [-0.39, 0.29) is 11.9 Å². The predicted molar refractivity (Wildman–Crippen MR) is 58.9 cm³/mol. The molecule has 15 heavy (non-hydrogen) atoms. The first kappa shape index (κ1) is 12.1. The minimum Gasteiger partial charge on any atom is -0.330 e. The highest BCUT2D eigenvalue weighted by Gasteiger charge is 2.11. The van der Waals surface area contributed by atoms with E-state index in [1.807, 2.05) is 7.05 Å². The third kappa shape index (κ3) is 3.57. The van der Waals surface area contributed by atoms with Crippen LogP contribution in [-0.2, 0) is 0 Å². The summed E-state index contributed by atoms with van der Waals surface area (Å²) in [6, 6.07) is 3.35. The topological polar surface area (TPSA) is 42.2 Å². The number of hydrogen-bond donors (Lipinski definition) is 1. The van der Waals surface area contributed by atoms with Crippen molar-refractivity contribution < 1.29 is 4.39 Å². The van der Waals surface area contributed by atoms with Gasteiger partial charge in [-0.3, -0.25) is 9.88 Å². The van der Waals surface area contributed by atoms with E-state index in [9.17, 15) is 4.39 Å². The number of pyridine rings is 1. The molecule has 1 aromatic rings. The monoisotopic (exact) mass is 211 g/mol. The van der Waals surface area contributed by atoms with Gasteiger partial charge in [0, 0.05) is 6.04 Å². The fraction of sp³-hybridized carbons (Fsp3) is 0.545. The van der Waals surface area contributed by atoms with Crippen molar-refractivity contribution in [2.24, 2.45) is 5.73 Å². The van der Waals surface area contributed by atoms with Gasteiger partial charge in [0.15, 0.2) is 0 Å². The molecule has 1 rings (SSSR count). The lowest BCUT2D eigenvalue weighted by Crippen LogP contribution is -2.25. The molecule has 0 bridgehead atoms. The van der Waals surface area contributed by atoms with E-state index in [1.54, 1.807) is 6.07 Å². The highest BCUT2D eigenvalue weighted by Crippen LogP contribution is 2.16. The van der Waals surface area contributed by atoms with E-state index in [0.29, 0.717) is 6.54 Å². The van der Waals surface area contributed by atoms with Crippen molar-refractivity contribution in [1.29, 1.82) is 0 Å². The normalized spacial score (nSPS) is 13.1. The van der Waals surface area contributed by atoms with Crippen LogP contribution in [0.3, 0.4) is 0 Å². The molecule has 0 aliphatic rings. The zero-order valence-corrected chi connectivity index (χ0v) is 9.28. The Balaban J connectivity index is 2.59. The number of hydrogen-bond acceptors (Lipinski definition) is 3. The molecule has 0 spiro atoms. The Bertz CT molecular complexity index is 286. The first-order valence-electron chi connectivity index (χ1n) is 5.17. The van der Waals surface area contributed by atoms with Crippen molar-refractivity contribution in [3.8, 4) is 0 Å². The Morgan fingerprint density at radius 2 is 2.27 bits per heavy atom. The zero-order chi connectivity index (χ0) is 11.3. The van der Waals surface area contributed by atoms with Gasteiger partial charge in [0.05, 0.1) is 11.9 Å². The number of rotatable bonds is 5. The standard InChI is InChI=1S/C11H18FN3/c1-9(15(2)7-3-6-13)11-5-4-10(12)8-14-11/h4-5,8-9H,3,6-7,13H2,1-2H3. The first-order valence-corrected chi connectivity index (χ1v) is 5.17. The number of nitrogens with zero attached hydrogens (tertiary/aromatic N) is 2. The molecule has 1 aromatic heterocycles. The van der Waals surface area contributed by atoms with Crippen molar-refractivity contribution in [3.63, 3.8) is 0 Å². The summed E-state index contributed by atoms with van der Waals surface area (Å²) in [5.41, 5.74) is 6.33. The lowest BCUT2D eigenvalue weighted by Gasteiger charge is -2.23. The average Bonchev–Trinajstić information content (AvgIpc) is 2.26. The van der Waals surface area contributed by atoms with Gasteiger partial charge in [-0.25, -0.2) is 4.39 Å². The molecule has 4 heteroatoms. The average molecular weight is 211 g/mol. The van der Waals surface area contributed by atoms with E-state index >= 15 is 0 Å². The largest absolute Gasteiger partial charge is 0.330 e. The van der Waals surface area contributed by atoms with E-state index < -0.39 is 0 Å². The van der Waals surface area contributed by atoms with E-state index in [0.717, 1.165) is 18.7 Å². The van der Waals surface area contributed by atoms with Crippen LogP contribution in [0.25, 0.3) is 0 Å². The molecule has 3 nitrogen and oxygen atoms in total. The van der Waals surface area contributed by atoms with E-state index in [4.69, 9.17) is 5.73 Å². The van der Waals surface area contributed by atoms with Crippen molar-refractivity contribution in [3.05, 3.63) is 29.8 Å². The summed E-state index contributed by atoms with van der Waals surface area (Å²) in [4.78, 5) is 6.22. The van der Waals surface area contributed by atoms with Crippen LogP contribution in [0.15, 0.2) is 18.3 Å². The lowest BCUT2D eigenvalue weighted by atomic mass is 10.2. The van der Waals surface area contributed by atoms with Gasteiger partial charge < -0.3 is 5.73 Å². The van der Waals surface area contributed by atoms with Gasteiger partial charge in [-0.1, -0.05) is 0 Å². The molecule has 0 fully saturated rings. The minimum absolute atomic E-state index is 0.192. The van der Waals surface area contributed by atoms with Crippen LogP contribution in [-0.4, -0.2) is 30.0 Å². The molecule has 2 N–H and O–H groups in total. The number of nitrogens with two attached hydrogens (primary N) is 1. The van der Waals surface area contributed by atoms with Gasteiger partial charge in [0.2, 0.25) is 0 Å². The molecule has 0 radical (unpaired) electrons. The second kappa shape index (κ2) is 5.78. The Morgan fingerprint density at radius 1 is 1.53 bits per heavy atom. The molecule has 1 unspecified atom stereocenters.